The van der Waals surface area contributed by atoms with Gasteiger partial charge in [-0.1, -0.05) is 11.6 Å². The molecule has 0 spiro atoms. The van der Waals surface area contributed by atoms with E-state index in [1.807, 2.05) is 0 Å². The number of hydrogen-bond donors (Lipinski definition) is 1. The second-order valence-corrected chi connectivity index (χ2v) is 9.26. The summed E-state index contributed by atoms with van der Waals surface area (Å²) in [5.74, 6) is -0.490. The van der Waals surface area contributed by atoms with Crippen molar-refractivity contribution < 1.29 is 27.5 Å². The number of methoxy groups -OCH3 is 2. The monoisotopic (exact) mass is 469 g/mol. The minimum atomic E-state index is -3.84. The largest absolute Gasteiger partial charge is 0.495 e. The molecule has 0 heterocycles. The van der Waals surface area contributed by atoms with Crippen molar-refractivity contribution in [2.45, 2.75) is 4.90 Å². The Balaban J connectivity index is 2.22. The Kier molecular flexibility index (Phi) is 7.88. The Labute approximate surface area is 186 Å². The van der Waals surface area contributed by atoms with Crippen LogP contribution in [0.4, 0.5) is 5.69 Å². The van der Waals surface area contributed by atoms with Gasteiger partial charge in [0, 0.05) is 31.7 Å². The van der Waals surface area contributed by atoms with Gasteiger partial charge in [0.15, 0.2) is 0 Å². The Morgan fingerprint density at radius 2 is 1.61 bits per heavy atom. The summed E-state index contributed by atoms with van der Waals surface area (Å²) in [7, 11) is 3.14. The van der Waals surface area contributed by atoms with Crippen LogP contribution in [0.2, 0.25) is 5.02 Å². The lowest BCUT2D eigenvalue weighted by molar-refractivity contribution is -0.116. The van der Waals surface area contributed by atoms with Gasteiger partial charge in [-0.05, 0) is 36.4 Å². The van der Waals surface area contributed by atoms with E-state index in [2.05, 4.69) is 5.32 Å². The number of sulfonamides is 1. The molecule has 0 aliphatic heterocycles. The molecule has 0 aliphatic rings. The van der Waals surface area contributed by atoms with Gasteiger partial charge in [-0.2, -0.15) is 0 Å². The molecule has 1 N–H and O–H groups in total. The lowest BCUT2D eigenvalue weighted by atomic mass is 10.2. The van der Waals surface area contributed by atoms with Crippen molar-refractivity contribution in [3.63, 3.8) is 0 Å². The third kappa shape index (κ3) is 5.66. The molecule has 2 rings (SSSR count). The molecular formula is C20H24ClN3O6S. The fraction of sp³-hybridized carbons (Fsp3) is 0.300. The van der Waals surface area contributed by atoms with E-state index in [1.54, 1.807) is 12.1 Å². The second-order valence-electron chi connectivity index (χ2n) is 6.71. The third-order valence-corrected chi connectivity index (χ3v) is 6.40. The van der Waals surface area contributed by atoms with Gasteiger partial charge >= 0.3 is 0 Å². The summed E-state index contributed by atoms with van der Waals surface area (Å²) in [4.78, 5) is 26.3. The molecule has 0 atom stereocenters. The number of likely N-dealkylation sites (N-methyl/N-ethyl adjacent to an activating group) is 1. The van der Waals surface area contributed by atoms with E-state index in [9.17, 15) is 18.0 Å². The van der Waals surface area contributed by atoms with Crippen LogP contribution in [0, 0.1) is 0 Å². The van der Waals surface area contributed by atoms with E-state index >= 15 is 0 Å². The van der Waals surface area contributed by atoms with Crippen molar-refractivity contribution in [3.05, 3.63) is 47.0 Å². The molecule has 2 aromatic carbocycles. The lowest BCUT2D eigenvalue weighted by Crippen LogP contribution is -2.35. The van der Waals surface area contributed by atoms with E-state index in [4.69, 9.17) is 21.1 Å². The zero-order chi connectivity index (χ0) is 23.3. The molecule has 0 radical (unpaired) electrons. The number of rotatable bonds is 8. The number of amides is 2. The number of carbonyl (C=O) groups is 2. The van der Waals surface area contributed by atoms with E-state index in [-0.39, 0.29) is 22.8 Å². The number of hydrogen-bond acceptors (Lipinski definition) is 6. The maximum atomic E-state index is 12.8. The molecule has 0 bridgehead atoms. The van der Waals surface area contributed by atoms with Crippen LogP contribution in [0.15, 0.2) is 41.3 Å². The second kappa shape index (κ2) is 9.99. The molecule has 11 heteroatoms. The van der Waals surface area contributed by atoms with Crippen molar-refractivity contribution in [1.82, 2.24) is 9.21 Å². The summed E-state index contributed by atoms with van der Waals surface area (Å²) >= 11 is 5.96. The Hall–Kier alpha value is -2.82. The molecule has 0 unspecified atom stereocenters. The topological polar surface area (TPSA) is 105 Å². The lowest BCUT2D eigenvalue weighted by Gasteiger charge is -2.19. The van der Waals surface area contributed by atoms with Crippen LogP contribution < -0.4 is 14.8 Å². The van der Waals surface area contributed by atoms with Crippen molar-refractivity contribution in [2.24, 2.45) is 0 Å². The molecule has 2 amide bonds. The quantitative estimate of drug-likeness (QED) is 0.636. The van der Waals surface area contributed by atoms with Gasteiger partial charge in [-0.15, -0.1) is 0 Å². The first-order valence-corrected chi connectivity index (χ1v) is 10.8. The van der Waals surface area contributed by atoms with Gasteiger partial charge in [0.1, 0.15) is 16.4 Å². The zero-order valence-electron chi connectivity index (χ0n) is 17.8. The molecule has 9 nitrogen and oxygen atoms in total. The standard InChI is InChI=1S/C20H24ClN3O6S/c1-23(2)31(27,28)18-10-13(6-8-17(18)30-5)20(26)24(3)12-19(25)22-15-11-14(21)7-9-16(15)29-4/h6-11H,12H2,1-5H3,(H,22,25). The van der Waals surface area contributed by atoms with Gasteiger partial charge < -0.3 is 19.7 Å². The van der Waals surface area contributed by atoms with Gasteiger partial charge in [-0.3, -0.25) is 9.59 Å². The van der Waals surface area contributed by atoms with E-state index < -0.39 is 21.8 Å². The molecule has 0 aliphatic carbocycles. The number of anilines is 1. The fourth-order valence-corrected chi connectivity index (χ4v) is 3.93. The molecule has 0 saturated carbocycles. The summed E-state index contributed by atoms with van der Waals surface area (Å²) in [6.07, 6.45) is 0. The molecular weight excluding hydrogens is 446 g/mol. The van der Waals surface area contributed by atoms with Crippen LogP contribution in [0.3, 0.4) is 0 Å². The zero-order valence-corrected chi connectivity index (χ0v) is 19.4. The van der Waals surface area contributed by atoms with Gasteiger partial charge in [0.25, 0.3) is 5.91 Å². The highest BCUT2D eigenvalue weighted by molar-refractivity contribution is 7.89. The predicted octanol–water partition coefficient (Wildman–Crippen LogP) is 2.32. The van der Waals surface area contributed by atoms with Gasteiger partial charge in [0.2, 0.25) is 15.9 Å². The maximum Gasteiger partial charge on any atom is 0.254 e. The van der Waals surface area contributed by atoms with Crippen molar-refractivity contribution in [2.75, 3.05) is 47.2 Å². The minimum Gasteiger partial charge on any atom is -0.495 e. The molecule has 31 heavy (non-hydrogen) atoms. The van der Waals surface area contributed by atoms with Crippen molar-refractivity contribution in [3.8, 4) is 11.5 Å². The highest BCUT2D eigenvalue weighted by atomic mass is 35.5. The number of benzene rings is 2. The number of ether oxygens (including phenoxy) is 2. The number of nitrogens with one attached hydrogen (secondary N) is 1. The van der Waals surface area contributed by atoms with Crippen molar-refractivity contribution in [1.29, 1.82) is 0 Å². The normalized spacial score (nSPS) is 11.2. The van der Waals surface area contributed by atoms with E-state index in [1.165, 1.54) is 64.5 Å². The highest BCUT2D eigenvalue weighted by Crippen LogP contribution is 2.28. The predicted molar refractivity (Wildman–Crippen MR) is 117 cm³/mol. The average Bonchev–Trinajstić information content (AvgIpc) is 2.72. The number of nitrogens with zero attached hydrogens (tertiary/aromatic N) is 2. The average molecular weight is 470 g/mol. The molecule has 0 aromatic heterocycles. The first kappa shape index (κ1) is 24.4. The first-order valence-electron chi connectivity index (χ1n) is 9.00. The summed E-state index contributed by atoms with van der Waals surface area (Å²) in [5, 5.41) is 3.05. The fourth-order valence-electron chi connectivity index (χ4n) is 2.68. The van der Waals surface area contributed by atoms with E-state index in [0.717, 1.165) is 4.31 Å². The summed E-state index contributed by atoms with van der Waals surface area (Å²) < 4.78 is 36.4. The minimum absolute atomic E-state index is 0.0943. The van der Waals surface area contributed by atoms with Crippen LogP contribution in [-0.4, -0.2) is 71.3 Å². The van der Waals surface area contributed by atoms with Crippen LogP contribution in [-0.2, 0) is 14.8 Å². The highest BCUT2D eigenvalue weighted by Gasteiger charge is 2.25. The van der Waals surface area contributed by atoms with Crippen LogP contribution in [0.5, 0.6) is 11.5 Å². The Morgan fingerprint density at radius 1 is 1.00 bits per heavy atom. The molecule has 2 aromatic rings. The summed E-state index contributed by atoms with van der Waals surface area (Å²) in [6.45, 7) is -0.281. The SMILES string of the molecule is COc1ccc(Cl)cc1NC(=O)CN(C)C(=O)c1ccc(OC)c(S(=O)(=O)N(C)C)c1. The summed E-state index contributed by atoms with van der Waals surface area (Å²) in [6, 6.07) is 8.82. The smallest absolute Gasteiger partial charge is 0.254 e. The van der Waals surface area contributed by atoms with Crippen LogP contribution in [0.1, 0.15) is 10.4 Å². The number of carbonyl (C=O) groups excluding carboxylic acids is 2. The molecule has 168 valence electrons. The third-order valence-electron chi connectivity index (χ3n) is 4.33. The van der Waals surface area contributed by atoms with Gasteiger partial charge in [-0.25, -0.2) is 12.7 Å². The Bertz CT molecular complexity index is 1090. The van der Waals surface area contributed by atoms with E-state index in [0.29, 0.717) is 16.5 Å². The molecule has 0 saturated heterocycles. The van der Waals surface area contributed by atoms with Crippen LogP contribution >= 0.6 is 11.6 Å². The maximum absolute atomic E-state index is 12.8. The first-order chi connectivity index (χ1) is 14.5. The van der Waals surface area contributed by atoms with Gasteiger partial charge in [0.05, 0.1) is 26.5 Å². The molecule has 0 fully saturated rings. The van der Waals surface area contributed by atoms with Crippen LogP contribution in [0.25, 0.3) is 0 Å². The summed E-state index contributed by atoms with van der Waals surface area (Å²) in [5.41, 5.74) is 0.460. The Morgan fingerprint density at radius 3 is 2.19 bits per heavy atom. The van der Waals surface area contributed by atoms with Crippen molar-refractivity contribution >= 4 is 39.1 Å². The number of halogens is 1.